The summed E-state index contributed by atoms with van der Waals surface area (Å²) >= 11 is 3.37. The van der Waals surface area contributed by atoms with E-state index in [2.05, 4.69) is 50.8 Å². The number of rotatable bonds is 8. The zero-order valence-corrected chi connectivity index (χ0v) is 14.1. The summed E-state index contributed by atoms with van der Waals surface area (Å²) in [6.07, 6.45) is 1.96. The molecule has 2 aromatic carbocycles. The molecule has 4 heteroatoms. The Kier molecular flexibility index (Phi) is 7.13. The second-order valence-electron chi connectivity index (χ2n) is 5.11. The van der Waals surface area contributed by atoms with E-state index in [1.807, 2.05) is 30.3 Å². The molecule has 116 valence electrons. The lowest BCUT2D eigenvalue weighted by Gasteiger charge is -2.07. The van der Waals surface area contributed by atoms with Crippen molar-refractivity contribution in [3.05, 3.63) is 70.2 Å². The van der Waals surface area contributed by atoms with Crippen molar-refractivity contribution in [3.8, 4) is 0 Å². The molecule has 0 bridgehead atoms. The topological polar surface area (TPSA) is 41.1 Å². The van der Waals surface area contributed by atoms with Gasteiger partial charge in [0.05, 0.1) is 0 Å². The molecule has 22 heavy (non-hydrogen) atoms. The monoisotopic (exact) mass is 360 g/mol. The van der Waals surface area contributed by atoms with Crippen LogP contribution in [-0.4, -0.2) is 25.5 Å². The number of hydrogen-bond acceptors (Lipinski definition) is 2. The fourth-order valence-electron chi connectivity index (χ4n) is 2.15. The molecule has 0 radical (unpaired) electrons. The van der Waals surface area contributed by atoms with E-state index in [9.17, 15) is 4.79 Å². The number of nitrogens with one attached hydrogen (secondary N) is 2. The second-order valence-corrected chi connectivity index (χ2v) is 6.02. The van der Waals surface area contributed by atoms with Gasteiger partial charge in [-0.2, -0.15) is 0 Å². The zero-order valence-electron chi connectivity index (χ0n) is 12.5. The van der Waals surface area contributed by atoms with Gasteiger partial charge in [0.15, 0.2) is 0 Å². The van der Waals surface area contributed by atoms with E-state index in [0.29, 0.717) is 12.1 Å². The van der Waals surface area contributed by atoms with Crippen LogP contribution in [0.15, 0.2) is 59.1 Å². The van der Waals surface area contributed by atoms with Crippen LogP contribution in [-0.2, 0) is 6.42 Å². The van der Waals surface area contributed by atoms with Gasteiger partial charge in [-0.05, 0) is 49.7 Å². The molecule has 0 saturated heterocycles. The molecule has 0 spiro atoms. The minimum absolute atomic E-state index is 0.0226. The van der Waals surface area contributed by atoms with Gasteiger partial charge in [0.1, 0.15) is 0 Å². The molecular formula is C18H21BrN2O. The normalized spacial score (nSPS) is 10.4. The molecule has 0 atom stereocenters. The minimum atomic E-state index is -0.0226. The number of carbonyl (C=O) groups excluding carboxylic acids is 1. The van der Waals surface area contributed by atoms with E-state index in [1.54, 1.807) is 0 Å². The van der Waals surface area contributed by atoms with Gasteiger partial charge in [-0.15, -0.1) is 0 Å². The highest BCUT2D eigenvalue weighted by Crippen LogP contribution is 2.11. The quantitative estimate of drug-likeness (QED) is 0.708. The SMILES string of the molecule is O=C(NCCCNCCc1ccccc1)c1cccc(Br)c1. The summed E-state index contributed by atoms with van der Waals surface area (Å²) in [5.74, 6) is -0.0226. The molecule has 0 aromatic heterocycles. The summed E-state index contributed by atoms with van der Waals surface area (Å²) in [7, 11) is 0. The van der Waals surface area contributed by atoms with Gasteiger partial charge in [-0.1, -0.05) is 52.3 Å². The summed E-state index contributed by atoms with van der Waals surface area (Å²) < 4.78 is 0.919. The summed E-state index contributed by atoms with van der Waals surface area (Å²) in [6, 6.07) is 17.9. The van der Waals surface area contributed by atoms with Crippen molar-refractivity contribution in [2.24, 2.45) is 0 Å². The van der Waals surface area contributed by atoms with Crippen LogP contribution in [0.25, 0.3) is 0 Å². The van der Waals surface area contributed by atoms with Crippen LogP contribution in [0, 0.1) is 0 Å². The molecule has 3 nitrogen and oxygen atoms in total. The van der Waals surface area contributed by atoms with Crippen molar-refractivity contribution in [1.82, 2.24) is 10.6 Å². The number of hydrogen-bond donors (Lipinski definition) is 2. The molecule has 1 amide bonds. The van der Waals surface area contributed by atoms with E-state index < -0.39 is 0 Å². The first-order valence-corrected chi connectivity index (χ1v) is 8.33. The third-order valence-corrected chi connectivity index (χ3v) is 3.83. The molecule has 0 unspecified atom stereocenters. The van der Waals surface area contributed by atoms with Gasteiger partial charge < -0.3 is 10.6 Å². The Bertz CT molecular complexity index is 587. The second kappa shape index (κ2) is 9.38. The fraction of sp³-hybridized carbons (Fsp3) is 0.278. The van der Waals surface area contributed by atoms with E-state index in [0.717, 1.165) is 30.4 Å². The maximum absolute atomic E-state index is 11.9. The van der Waals surface area contributed by atoms with Gasteiger partial charge in [-0.25, -0.2) is 0 Å². The summed E-state index contributed by atoms with van der Waals surface area (Å²) in [5, 5.41) is 6.33. The molecule has 0 heterocycles. The highest BCUT2D eigenvalue weighted by Gasteiger charge is 2.04. The van der Waals surface area contributed by atoms with Gasteiger partial charge in [0.2, 0.25) is 0 Å². The van der Waals surface area contributed by atoms with E-state index in [-0.39, 0.29) is 5.91 Å². The van der Waals surface area contributed by atoms with Crippen molar-refractivity contribution in [2.45, 2.75) is 12.8 Å². The average molecular weight is 361 g/mol. The lowest BCUT2D eigenvalue weighted by atomic mass is 10.1. The zero-order chi connectivity index (χ0) is 15.6. The smallest absolute Gasteiger partial charge is 0.251 e. The molecule has 0 aliphatic carbocycles. The van der Waals surface area contributed by atoms with E-state index in [1.165, 1.54) is 5.56 Å². The summed E-state index contributed by atoms with van der Waals surface area (Å²) in [5.41, 5.74) is 2.03. The van der Waals surface area contributed by atoms with Crippen LogP contribution in [0.5, 0.6) is 0 Å². The third kappa shape index (κ3) is 6.00. The molecule has 0 aliphatic heterocycles. The molecule has 0 aliphatic rings. The van der Waals surface area contributed by atoms with Crippen molar-refractivity contribution in [1.29, 1.82) is 0 Å². The van der Waals surface area contributed by atoms with Gasteiger partial charge in [-0.3, -0.25) is 4.79 Å². The van der Waals surface area contributed by atoms with Crippen LogP contribution in [0.2, 0.25) is 0 Å². The van der Waals surface area contributed by atoms with Crippen molar-refractivity contribution in [3.63, 3.8) is 0 Å². The molecule has 2 rings (SSSR count). The van der Waals surface area contributed by atoms with Crippen LogP contribution in [0.4, 0.5) is 0 Å². The maximum atomic E-state index is 11.9. The molecule has 0 fully saturated rings. The first-order valence-electron chi connectivity index (χ1n) is 7.54. The Balaban J connectivity index is 1.55. The van der Waals surface area contributed by atoms with E-state index in [4.69, 9.17) is 0 Å². The molecule has 2 N–H and O–H groups in total. The van der Waals surface area contributed by atoms with Crippen molar-refractivity contribution >= 4 is 21.8 Å². The Hall–Kier alpha value is -1.65. The maximum Gasteiger partial charge on any atom is 0.251 e. The molecular weight excluding hydrogens is 340 g/mol. The van der Waals surface area contributed by atoms with Crippen LogP contribution in [0.3, 0.4) is 0 Å². The van der Waals surface area contributed by atoms with Gasteiger partial charge in [0.25, 0.3) is 5.91 Å². The Morgan fingerprint density at radius 3 is 2.55 bits per heavy atom. The van der Waals surface area contributed by atoms with Crippen molar-refractivity contribution in [2.75, 3.05) is 19.6 Å². The Morgan fingerprint density at radius 2 is 1.77 bits per heavy atom. The Labute approximate surface area is 140 Å². The number of amides is 1. The lowest BCUT2D eigenvalue weighted by Crippen LogP contribution is -2.28. The first kappa shape index (κ1) is 16.7. The van der Waals surface area contributed by atoms with Crippen LogP contribution >= 0.6 is 15.9 Å². The molecule has 0 saturated carbocycles. The number of benzene rings is 2. The fourth-order valence-corrected chi connectivity index (χ4v) is 2.55. The van der Waals surface area contributed by atoms with Crippen molar-refractivity contribution < 1.29 is 4.79 Å². The lowest BCUT2D eigenvalue weighted by molar-refractivity contribution is 0.0953. The average Bonchev–Trinajstić information content (AvgIpc) is 2.54. The summed E-state index contributed by atoms with van der Waals surface area (Å²) in [6.45, 7) is 2.55. The largest absolute Gasteiger partial charge is 0.352 e. The first-order chi connectivity index (χ1) is 10.8. The predicted molar refractivity (Wildman–Crippen MR) is 94.1 cm³/mol. The highest BCUT2D eigenvalue weighted by atomic mass is 79.9. The third-order valence-electron chi connectivity index (χ3n) is 3.34. The van der Waals surface area contributed by atoms with Gasteiger partial charge >= 0.3 is 0 Å². The van der Waals surface area contributed by atoms with Gasteiger partial charge in [0, 0.05) is 16.6 Å². The summed E-state index contributed by atoms with van der Waals surface area (Å²) in [4.78, 5) is 11.9. The standard InChI is InChI=1S/C18H21BrN2O/c19-17-9-4-8-16(14-17)18(22)21-12-5-11-20-13-10-15-6-2-1-3-7-15/h1-4,6-9,14,20H,5,10-13H2,(H,21,22). The number of halogens is 1. The van der Waals surface area contributed by atoms with E-state index >= 15 is 0 Å². The minimum Gasteiger partial charge on any atom is -0.352 e. The Morgan fingerprint density at radius 1 is 0.955 bits per heavy atom. The highest BCUT2D eigenvalue weighted by molar-refractivity contribution is 9.10. The number of carbonyl (C=O) groups is 1. The predicted octanol–water partition coefficient (Wildman–Crippen LogP) is 3.40. The molecule has 2 aromatic rings. The van der Waals surface area contributed by atoms with Crippen LogP contribution in [0.1, 0.15) is 22.3 Å². The van der Waals surface area contributed by atoms with Crippen LogP contribution < -0.4 is 10.6 Å².